The van der Waals surface area contributed by atoms with Crippen LogP contribution >= 0.6 is 0 Å². The zero-order chi connectivity index (χ0) is 18.3. The fourth-order valence-corrected chi connectivity index (χ4v) is 3.72. The number of carbonyl (C=O) groups is 2. The standard InChI is InChI=1S/C18H24N4O3/c1-11-10-21(8-7-14(11)18(24)25)17(23)15-9-19-20(4)16(15)22-12(2)5-6-13(22)3/h5-6,9,11,14H,7-8,10H2,1-4H3,(H,24,25). The van der Waals surface area contributed by atoms with Crippen molar-refractivity contribution in [2.24, 2.45) is 18.9 Å². The predicted molar refractivity (Wildman–Crippen MR) is 92.8 cm³/mol. The Morgan fingerprint density at radius 3 is 2.44 bits per heavy atom. The summed E-state index contributed by atoms with van der Waals surface area (Å²) < 4.78 is 3.73. The Labute approximate surface area is 146 Å². The highest BCUT2D eigenvalue weighted by molar-refractivity contribution is 5.97. The van der Waals surface area contributed by atoms with Crippen molar-refractivity contribution in [1.29, 1.82) is 0 Å². The average Bonchev–Trinajstić information content (AvgIpc) is 3.08. The molecule has 0 radical (unpaired) electrons. The Bertz CT molecular complexity index is 801. The monoisotopic (exact) mass is 344 g/mol. The van der Waals surface area contributed by atoms with Gasteiger partial charge in [-0.25, -0.2) is 0 Å². The number of carbonyl (C=O) groups excluding carboxylic acids is 1. The topological polar surface area (TPSA) is 80.4 Å². The van der Waals surface area contributed by atoms with Crippen LogP contribution in [0, 0.1) is 25.7 Å². The lowest BCUT2D eigenvalue weighted by Gasteiger charge is -2.35. The van der Waals surface area contributed by atoms with E-state index in [0.717, 1.165) is 17.2 Å². The Kier molecular flexibility index (Phi) is 4.41. The predicted octanol–water partition coefficient (Wildman–Crippen LogP) is 2.01. The van der Waals surface area contributed by atoms with Crippen molar-refractivity contribution in [2.45, 2.75) is 27.2 Å². The molecule has 2 aromatic rings. The molecule has 3 rings (SSSR count). The van der Waals surface area contributed by atoms with Crippen LogP contribution in [0.25, 0.3) is 5.82 Å². The first-order chi connectivity index (χ1) is 11.8. The van der Waals surface area contributed by atoms with Gasteiger partial charge in [0.15, 0.2) is 0 Å². The first-order valence-electron chi connectivity index (χ1n) is 8.50. The molecule has 0 bridgehead atoms. The minimum absolute atomic E-state index is 0.0645. The van der Waals surface area contributed by atoms with E-state index in [2.05, 4.69) is 5.10 Å². The Morgan fingerprint density at radius 2 is 1.88 bits per heavy atom. The number of rotatable bonds is 3. The van der Waals surface area contributed by atoms with Crippen LogP contribution in [0.1, 0.15) is 35.1 Å². The summed E-state index contributed by atoms with van der Waals surface area (Å²) in [5.74, 6) is -0.568. The highest BCUT2D eigenvalue weighted by Gasteiger charge is 2.34. The van der Waals surface area contributed by atoms with Gasteiger partial charge in [-0.3, -0.25) is 14.3 Å². The smallest absolute Gasteiger partial charge is 0.306 e. The third kappa shape index (κ3) is 2.94. The quantitative estimate of drug-likeness (QED) is 0.924. The Balaban J connectivity index is 1.91. The zero-order valence-electron chi connectivity index (χ0n) is 15.1. The van der Waals surface area contributed by atoms with Crippen LogP contribution in [0.2, 0.25) is 0 Å². The van der Waals surface area contributed by atoms with E-state index < -0.39 is 5.97 Å². The van der Waals surface area contributed by atoms with E-state index in [1.165, 1.54) is 0 Å². The minimum Gasteiger partial charge on any atom is -0.481 e. The van der Waals surface area contributed by atoms with Crippen molar-refractivity contribution in [3.63, 3.8) is 0 Å². The third-order valence-electron chi connectivity index (χ3n) is 5.13. The molecule has 2 atom stereocenters. The highest BCUT2D eigenvalue weighted by atomic mass is 16.4. The third-order valence-corrected chi connectivity index (χ3v) is 5.13. The fraction of sp³-hybridized carbons (Fsp3) is 0.500. The van der Waals surface area contributed by atoms with Crippen LogP contribution in [0.15, 0.2) is 18.3 Å². The van der Waals surface area contributed by atoms with E-state index in [4.69, 9.17) is 0 Å². The molecule has 0 aromatic carbocycles. The zero-order valence-corrected chi connectivity index (χ0v) is 15.1. The van der Waals surface area contributed by atoms with Gasteiger partial charge in [-0.1, -0.05) is 6.92 Å². The van der Waals surface area contributed by atoms with E-state index >= 15 is 0 Å². The van der Waals surface area contributed by atoms with Crippen LogP contribution in [0.5, 0.6) is 0 Å². The molecule has 7 nitrogen and oxygen atoms in total. The second-order valence-corrected chi connectivity index (χ2v) is 6.92. The molecule has 1 fully saturated rings. The van der Waals surface area contributed by atoms with E-state index in [1.54, 1.807) is 15.8 Å². The molecular formula is C18H24N4O3. The summed E-state index contributed by atoms with van der Waals surface area (Å²) in [6.45, 7) is 6.79. The van der Waals surface area contributed by atoms with Gasteiger partial charge in [0, 0.05) is 31.5 Å². The maximum atomic E-state index is 13.1. The van der Waals surface area contributed by atoms with Gasteiger partial charge in [0.05, 0.1) is 12.1 Å². The number of likely N-dealkylation sites (tertiary alicyclic amines) is 1. The molecule has 3 heterocycles. The molecule has 1 aliphatic rings. The summed E-state index contributed by atoms with van der Waals surface area (Å²) >= 11 is 0. The normalized spacial score (nSPS) is 20.7. The molecular weight excluding hydrogens is 320 g/mol. The molecule has 2 unspecified atom stereocenters. The van der Waals surface area contributed by atoms with Crippen LogP contribution < -0.4 is 0 Å². The molecule has 7 heteroatoms. The second kappa shape index (κ2) is 6.38. The van der Waals surface area contributed by atoms with Crippen LogP contribution in [0.3, 0.4) is 0 Å². The van der Waals surface area contributed by atoms with Crippen molar-refractivity contribution < 1.29 is 14.7 Å². The lowest BCUT2D eigenvalue weighted by molar-refractivity contribution is -0.145. The first kappa shape index (κ1) is 17.3. The van der Waals surface area contributed by atoms with Gasteiger partial charge in [0.2, 0.25) is 0 Å². The highest BCUT2D eigenvalue weighted by Crippen LogP contribution is 2.27. The summed E-state index contributed by atoms with van der Waals surface area (Å²) in [5, 5.41) is 13.6. The van der Waals surface area contributed by atoms with Crippen LogP contribution in [0.4, 0.5) is 0 Å². The maximum Gasteiger partial charge on any atom is 0.306 e. The van der Waals surface area contributed by atoms with Gasteiger partial charge in [-0.05, 0) is 38.3 Å². The van der Waals surface area contributed by atoms with Crippen molar-refractivity contribution in [1.82, 2.24) is 19.2 Å². The van der Waals surface area contributed by atoms with Crippen molar-refractivity contribution in [2.75, 3.05) is 13.1 Å². The number of carboxylic acids is 1. The summed E-state index contributed by atoms with van der Waals surface area (Å²) in [5.41, 5.74) is 2.62. The van der Waals surface area contributed by atoms with Gasteiger partial charge < -0.3 is 14.6 Å². The number of aliphatic carboxylic acids is 1. The molecule has 1 aliphatic heterocycles. The fourth-order valence-electron chi connectivity index (χ4n) is 3.72. The van der Waals surface area contributed by atoms with Crippen molar-refractivity contribution >= 4 is 11.9 Å². The molecule has 134 valence electrons. The van der Waals surface area contributed by atoms with Crippen LogP contribution in [-0.2, 0) is 11.8 Å². The molecule has 0 aliphatic carbocycles. The number of carboxylic acid groups (broad SMARTS) is 1. The number of amides is 1. The van der Waals surface area contributed by atoms with Gasteiger partial charge >= 0.3 is 5.97 Å². The van der Waals surface area contributed by atoms with E-state index in [1.807, 2.05) is 44.5 Å². The summed E-state index contributed by atoms with van der Waals surface area (Å²) in [4.78, 5) is 26.1. The minimum atomic E-state index is -0.778. The van der Waals surface area contributed by atoms with Gasteiger partial charge in [0.25, 0.3) is 5.91 Å². The molecule has 1 amide bonds. The Morgan fingerprint density at radius 1 is 1.24 bits per heavy atom. The van der Waals surface area contributed by atoms with E-state index in [-0.39, 0.29) is 17.7 Å². The summed E-state index contributed by atoms with van der Waals surface area (Å²) in [6, 6.07) is 4.02. The number of piperidine rings is 1. The number of aromatic nitrogens is 3. The lowest BCUT2D eigenvalue weighted by atomic mass is 9.87. The van der Waals surface area contributed by atoms with E-state index in [9.17, 15) is 14.7 Å². The summed E-state index contributed by atoms with van der Waals surface area (Å²) in [6.07, 6.45) is 2.09. The average molecular weight is 344 g/mol. The SMILES string of the molecule is Cc1ccc(C)n1-c1c(C(=O)N2CCC(C(=O)O)C(C)C2)cnn1C. The number of nitrogens with zero attached hydrogens (tertiary/aromatic N) is 4. The molecule has 1 saturated heterocycles. The number of hydrogen-bond acceptors (Lipinski definition) is 3. The first-order valence-corrected chi connectivity index (χ1v) is 8.50. The van der Waals surface area contributed by atoms with Crippen LogP contribution in [-0.4, -0.2) is 49.3 Å². The van der Waals surface area contributed by atoms with Crippen molar-refractivity contribution in [3.05, 3.63) is 35.3 Å². The lowest BCUT2D eigenvalue weighted by Crippen LogP contribution is -2.45. The molecule has 0 saturated carbocycles. The maximum absolute atomic E-state index is 13.1. The number of aryl methyl sites for hydroxylation is 3. The van der Waals surface area contributed by atoms with E-state index in [0.29, 0.717) is 25.1 Å². The van der Waals surface area contributed by atoms with Gasteiger partial charge in [-0.15, -0.1) is 0 Å². The van der Waals surface area contributed by atoms with Gasteiger partial charge in [0.1, 0.15) is 11.4 Å². The molecule has 25 heavy (non-hydrogen) atoms. The molecule has 1 N–H and O–H groups in total. The Hall–Kier alpha value is -2.57. The number of hydrogen-bond donors (Lipinski definition) is 1. The second-order valence-electron chi connectivity index (χ2n) is 6.92. The van der Waals surface area contributed by atoms with Crippen molar-refractivity contribution in [3.8, 4) is 5.82 Å². The largest absolute Gasteiger partial charge is 0.481 e. The molecule has 2 aromatic heterocycles. The summed E-state index contributed by atoms with van der Waals surface area (Å²) in [7, 11) is 1.82. The molecule has 0 spiro atoms. The van der Waals surface area contributed by atoms with Gasteiger partial charge in [-0.2, -0.15) is 5.10 Å².